The summed E-state index contributed by atoms with van der Waals surface area (Å²) in [6.07, 6.45) is 3.90. The average molecular weight is 327 g/mol. The fourth-order valence-corrected chi connectivity index (χ4v) is 3.30. The summed E-state index contributed by atoms with van der Waals surface area (Å²) in [6.45, 7) is 5.78. The lowest BCUT2D eigenvalue weighted by Gasteiger charge is -2.27. The highest BCUT2D eigenvalue weighted by Crippen LogP contribution is 2.27. The number of carbonyl (C=O) groups is 1. The van der Waals surface area contributed by atoms with Crippen molar-refractivity contribution in [2.45, 2.75) is 39.5 Å². The summed E-state index contributed by atoms with van der Waals surface area (Å²) in [5.74, 6) is 0.886. The number of aromatic amines is 1. The summed E-state index contributed by atoms with van der Waals surface area (Å²) < 4.78 is 0. The van der Waals surface area contributed by atoms with Crippen LogP contribution in [0.15, 0.2) is 18.2 Å². The van der Waals surface area contributed by atoms with E-state index in [1.807, 2.05) is 36.9 Å². The van der Waals surface area contributed by atoms with E-state index in [-0.39, 0.29) is 12.5 Å². The molecule has 5 heteroatoms. The molecular formula is C19H25N3O2. The van der Waals surface area contributed by atoms with Crippen LogP contribution in [0, 0.1) is 13.8 Å². The average Bonchev–Trinajstić information content (AvgIpc) is 2.96. The molecule has 1 aliphatic rings. The van der Waals surface area contributed by atoms with E-state index in [1.54, 1.807) is 0 Å². The third-order valence-electron chi connectivity index (χ3n) is 4.67. The number of hydrogen-bond acceptors (Lipinski definition) is 3. The highest BCUT2D eigenvalue weighted by molar-refractivity contribution is 5.95. The largest absolute Gasteiger partial charge is 0.396 e. The Morgan fingerprint density at radius 2 is 2.00 bits per heavy atom. The van der Waals surface area contributed by atoms with E-state index >= 15 is 0 Å². The summed E-state index contributed by atoms with van der Waals surface area (Å²) in [6, 6.07) is 5.86. The number of rotatable bonds is 4. The topological polar surface area (TPSA) is 69.2 Å². The number of aryl methyl sites for hydroxylation is 2. The number of piperidine rings is 1. The molecule has 2 aromatic rings. The summed E-state index contributed by atoms with van der Waals surface area (Å²) >= 11 is 0. The molecule has 1 fully saturated rings. The lowest BCUT2D eigenvalue weighted by atomic mass is 10.00. The molecule has 0 unspecified atom stereocenters. The molecule has 0 radical (unpaired) electrons. The molecule has 5 nitrogen and oxygen atoms in total. The maximum Gasteiger partial charge on any atom is 0.253 e. The van der Waals surface area contributed by atoms with E-state index < -0.39 is 0 Å². The number of benzene rings is 1. The predicted octanol–water partition coefficient (Wildman–Crippen LogP) is 2.85. The van der Waals surface area contributed by atoms with Crippen molar-refractivity contribution >= 4 is 5.91 Å². The molecule has 1 aromatic carbocycles. The number of aromatic nitrogens is 2. The third-order valence-corrected chi connectivity index (χ3v) is 4.67. The highest BCUT2D eigenvalue weighted by Gasteiger charge is 2.20. The first-order valence-electron chi connectivity index (χ1n) is 8.67. The van der Waals surface area contributed by atoms with E-state index in [9.17, 15) is 4.79 Å². The minimum Gasteiger partial charge on any atom is -0.396 e. The van der Waals surface area contributed by atoms with Crippen LogP contribution in [0.2, 0.25) is 0 Å². The molecule has 1 aliphatic heterocycles. The van der Waals surface area contributed by atoms with Gasteiger partial charge >= 0.3 is 0 Å². The number of hydrogen-bond donors (Lipinski definition) is 2. The Morgan fingerprint density at radius 1 is 1.25 bits per heavy atom. The Bertz CT molecular complexity index is 730. The Labute approximate surface area is 142 Å². The van der Waals surface area contributed by atoms with Crippen molar-refractivity contribution in [3.63, 3.8) is 0 Å². The lowest BCUT2D eigenvalue weighted by Crippen LogP contribution is -2.35. The Balaban J connectivity index is 1.93. The molecule has 0 spiro atoms. The SMILES string of the molecule is Cc1ccc(C(=O)N2CCCCC2)cc1-c1nc(CCO)[nH]c1C. The smallest absolute Gasteiger partial charge is 0.253 e. The van der Waals surface area contributed by atoms with Crippen LogP contribution in [-0.4, -0.2) is 45.6 Å². The number of nitrogens with zero attached hydrogens (tertiary/aromatic N) is 2. The standard InChI is InChI=1S/C19H25N3O2/c1-13-6-7-15(19(24)22-9-4-3-5-10-22)12-16(13)18-14(2)20-17(21-18)8-11-23/h6-7,12,23H,3-5,8-11H2,1-2H3,(H,20,21). The molecule has 1 amide bonds. The normalized spacial score (nSPS) is 14.9. The second kappa shape index (κ2) is 7.18. The second-order valence-electron chi connectivity index (χ2n) is 6.51. The Morgan fingerprint density at radius 3 is 2.71 bits per heavy atom. The van der Waals surface area contributed by atoms with Gasteiger partial charge in [-0.2, -0.15) is 0 Å². The summed E-state index contributed by atoms with van der Waals surface area (Å²) in [4.78, 5) is 22.5. The van der Waals surface area contributed by atoms with Gasteiger partial charge in [-0.15, -0.1) is 0 Å². The van der Waals surface area contributed by atoms with Gasteiger partial charge in [-0.1, -0.05) is 6.07 Å². The fourth-order valence-electron chi connectivity index (χ4n) is 3.30. The maximum absolute atomic E-state index is 12.8. The molecule has 24 heavy (non-hydrogen) atoms. The second-order valence-corrected chi connectivity index (χ2v) is 6.51. The monoisotopic (exact) mass is 327 g/mol. The van der Waals surface area contributed by atoms with E-state index in [2.05, 4.69) is 9.97 Å². The number of aliphatic hydroxyl groups is 1. The van der Waals surface area contributed by atoms with Crippen LogP contribution in [0.4, 0.5) is 0 Å². The molecule has 128 valence electrons. The number of imidazole rings is 1. The minimum absolute atomic E-state index is 0.0683. The van der Waals surface area contributed by atoms with Gasteiger partial charge in [0.2, 0.25) is 0 Å². The number of amides is 1. The van der Waals surface area contributed by atoms with Gasteiger partial charge in [-0.05, 0) is 50.8 Å². The third kappa shape index (κ3) is 3.36. The van der Waals surface area contributed by atoms with Crippen molar-refractivity contribution in [3.8, 4) is 11.3 Å². The molecular weight excluding hydrogens is 302 g/mol. The van der Waals surface area contributed by atoms with E-state index in [4.69, 9.17) is 5.11 Å². The van der Waals surface area contributed by atoms with Crippen LogP contribution in [0.3, 0.4) is 0 Å². The van der Waals surface area contributed by atoms with Crippen molar-refractivity contribution in [2.75, 3.05) is 19.7 Å². The Kier molecular flexibility index (Phi) is 5.00. The number of H-pyrrole nitrogens is 1. The zero-order valence-electron chi connectivity index (χ0n) is 14.4. The van der Waals surface area contributed by atoms with Crippen LogP contribution in [-0.2, 0) is 6.42 Å². The quantitative estimate of drug-likeness (QED) is 0.907. The van der Waals surface area contributed by atoms with E-state index in [0.29, 0.717) is 6.42 Å². The van der Waals surface area contributed by atoms with Crippen molar-refractivity contribution < 1.29 is 9.90 Å². The van der Waals surface area contributed by atoms with Crippen molar-refractivity contribution in [1.29, 1.82) is 0 Å². The molecule has 0 bridgehead atoms. The zero-order valence-corrected chi connectivity index (χ0v) is 14.4. The van der Waals surface area contributed by atoms with Gasteiger partial charge in [0.1, 0.15) is 5.82 Å². The first-order chi connectivity index (χ1) is 11.6. The molecule has 1 saturated heterocycles. The van der Waals surface area contributed by atoms with Crippen LogP contribution in [0.25, 0.3) is 11.3 Å². The zero-order chi connectivity index (χ0) is 17.1. The van der Waals surface area contributed by atoms with Gasteiger partial charge in [0.25, 0.3) is 5.91 Å². The maximum atomic E-state index is 12.8. The van der Waals surface area contributed by atoms with Gasteiger partial charge < -0.3 is 15.0 Å². The van der Waals surface area contributed by atoms with Gasteiger partial charge in [0.05, 0.1) is 12.3 Å². The van der Waals surface area contributed by atoms with Crippen LogP contribution in [0.5, 0.6) is 0 Å². The number of carbonyl (C=O) groups excluding carboxylic acids is 1. The summed E-state index contributed by atoms with van der Waals surface area (Å²) in [5.41, 5.74) is 4.63. The van der Waals surface area contributed by atoms with Gasteiger partial charge in [0.15, 0.2) is 0 Å². The Hall–Kier alpha value is -2.14. The van der Waals surface area contributed by atoms with E-state index in [0.717, 1.165) is 59.8 Å². The molecule has 0 saturated carbocycles. The van der Waals surface area contributed by atoms with Crippen molar-refractivity contribution in [1.82, 2.24) is 14.9 Å². The summed E-state index contributed by atoms with van der Waals surface area (Å²) in [5, 5.41) is 9.10. The number of nitrogens with one attached hydrogen (secondary N) is 1. The van der Waals surface area contributed by atoms with Crippen LogP contribution in [0.1, 0.15) is 46.7 Å². The number of likely N-dealkylation sites (tertiary alicyclic amines) is 1. The predicted molar refractivity (Wildman–Crippen MR) is 94.0 cm³/mol. The molecule has 0 aliphatic carbocycles. The van der Waals surface area contributed by atoms with Gasteiger partial charge in [0, 0.05) is 36.3 Å². The first kappa shape index (κ1) is 16.7. The van der Waals surface area contributed by atoms with Crippen LogP contribution < -0.4 is 0 Å². The van der Waals surface area contributed by atoms with Gasteiger partial charge in [-0.25, -0.2) is 4.98 Å². The van der Waals surface area contributed by atoms with Crippen LogP contribution >= 0.6 is 0 Å². The first-order valence-corrected chi connectivity index (χ1v) is 8.67. The van der Waals surface area contributed by atoms with E-state index in [1.165, 1.54) is 6.42 Å². The number of aliphatic hydroxyl groups excluding tert-OH is 1. The molecule has 2 N–H and O–H groups in total. The summed E-state index contributed by atoms with van der Waals surface area (Å²) in [7, 11) is 0. The lowest BCUT2D eigenvalue weighted by molar-refractivity contribution is 0.0724. The van der Waals surface area contributed by atoms with Gasteiger partial charge in [-0.3, -0.25) is 4.79 Å². The minimum atomic E-state index is 0.0683. The van der Waals surface area contributed by atoms with Crippen molar-refractivity contribution in [3.05, 3.63) is 40.8 Å². The van der Waals surface area contributed by atoms with Crippen molar-refractivity contribution in [2.24, 2.45) is 0 Å². The molecule has 3 rings (SSSR count). The molecule has 1 aromatic heterocycles. The fraction of sp³-hybridized carbons (Fsp3) is 0.474. The highest BCUT2D eigenvalue weighted by atomic mass is 16.3. The molecule has 2 heterocycles. The molecule has 0 atom stereocenters.